The van der Waals surface area contributed by atoms with Crippen LogP contribution in [0.3, 0.4) is 0 Å². The number of allylic oxidation sites excluding steroid dienone is 1. The topological polar surface area (TPSA) is 54.4 Å². The molecule has 0 spiro atoms. The Bertz CT molecular complexity index is 170. The van der Waals surface area contributed by atoms with Crippen molar-refractivity contribution >= 4 is 39.7 Å². The summed E-state index contributed by atoms with van der Waals surface area (Å²) >= 11 is 0. The van der Waals surface area contributed by atoms with Crippen LogP contribution in [0.25, 0.3) is 0 Å². The first-order valence-electron chi connectivity index (χ1n) is 2.12. The van der Waals surface area contributed by atoms with Crippen LogP contribution in [0.5, 0.6) is 0 Å². The molecule has 0 fully saturated rings. The molecule has 0 bridgehead atoms. The average molecular weight is 160 g/mol. The first kappa shape index (κ1) is 12.3. The van der Waals surface area contributed by atoms with Gasteiger partial charge in [-0.05, 0) is 6.92 Å². The molecular formula is C4H9NaO3S. The molecule has 0 unspecified atom stereocenters. The molecular weight excluding hydrogens is 151 g/mol. The van der Waals surface area contributed by atoms with Gasteiger partial charge in [-0.3, -0.25) is 4.55 Å². The Morgan fingerprint density at radius 2 is 2.00 bits per heavy atom. The first-order valence-corrected chi connectivity index (χ1v) is 3.73. The molecule has 0 aliphatic rings. The van der Waals surface area contributed by atoms with Crippen molar-refractivity contribution in [2.24, 2.45) is 0 Å². The van der Waals surface area contributed by atoms with Crippen molar-refractivity contribution in [1.82, 2.24) is 0 Å². The van der Waals surface area contributed by atoms with Crippen molar-refractivity contribution in [2.45, 2.75) is 6.92 Å². The monoisotopic (exact) mass is 160 g/mol. The molecule has 0 saturated carbocycles. The summed E-state index contributed by atoms with van der Waals surface area (Å²) in [6, 6.07) is 0. The molecule has 0 aromatic rings. The first-order chi connectivity index (χ1) is 3.56. The Morgan fingerprint density at radius 1 is 1.56 bits per heavy atom. The predicted molar refractivity (Wildman–Crippen MR) is 38.4 cm³/mol. The molecule has 0 heterocycles. The molecule has 0 atom stereocenters. The molecule has 9 heavy (non-hydrogen) atoms. The summed E-state index contributed by atoms with van der Waals surface area (Å²) in [7, 11) is -3.77. The van der Waals surface area contributed by atoms with Crippen LogP contribution in [0.2, 0.25) is 0 Å². The Labute approximate surface area is 77.2 Å². The molecule has 0 rings (SSSR count). The van der Waals surface area contributed by atoms with E-state index in [0.717, 1.165) is 0 Å². The van der Waals surface area contributed by atoms with Crippen LogP contribution in [0.15, 0.2) is 12.2 Å². The van der Waals surface area contributed by atoms with Gasteiger partial charge in [0.25, 0.3) is 10.1 Å². The maximum atomic E-state index is 9.89. The van der Waals surface area contributed by atoms with Gasteiger partial charge in [0.05, 0.1) is 5.75 Å². The third-order valence-electron chi connectivity index (χ3n) is 0.543. The molecule has 5 heteroatoms. The standard InChI is InChI=1S/C4H8O3S.Na.H/c1-2-3-4-8(5,6)7;;/h2-3H,4H2,1H3,(H,5,6,7);;/b3-2+;;. The van der Waals surface area contributed by atoms with Gasteiger partial charge in [0.15, 0.2) is 0 Å². The van der Waals surface area contributed by atoms with E-state index < -0.39 is 10.1 Å². The van der Waals surface area contributed by atoms with Gasteiger partial charge >= 0.3 is 29.6 Å². The zero-order valence-corrected chi connectivity index (χ0v) is 5.35. The Balaban J connectivity index is 0. The Morgan fingerprint density at radius 3 is 2.11 bits per heavy atom. The third kappa shape index (κ3) is 12.0. The number of rotatable bonds is 2. The van der Waals surface area contributed by atoms with Crippen LogP contribution < -0.4 is 0 Å². The summed E-state index contributed by atoms with van der Waals surface area (Å²) in [5, 5.41) is 0. The van der Waals surface area contributed by atoms with Crippen molar-refractivity contribution in [2.75, 3.05) is 5.75 Å². The second kappa shape index (κ2) is 5.44. The van der Waals surface area contributed by atoms with E-state index in [1.165, 1.54) is 6.08 Å². The zero-order valence-electron chi connectivity index (χ0n) is 4.53. The van der Waals surface area contributed by atoms with E-state index in [1.807, 2.05) is 0 Å². The van der Waals surface area contributed by atoms with Crippen LogP contribution in [0.4, 0.5) is 0 Å². The van der Waals surface area contributed by atoms with Gasteiger partial charge in [-0.15, -0.1) is 0 Å². The van der Waals surface area contributed by atoms with Crippen molar-refractivity contribution in [3.05, 3.63) is 12.2 Å². The molecule has 50 valence electrons. The van der Waals surface area contributed by atoms with Gasteiger partial charge in [0, 0.05) is 0 Å². The summed E-state index contributed by atoms with van der Waals surface area (Å²) in [6.07, 6.45) is 2.93. The van der Waals surface area contributed by atoms with Gasteiger partial charge in [-0.25, -0.2) is 0 Å². The predicted octanol–water partition coefficient (Wildman–Crippen LogP) is -0.198. The van der Waals surface area contributed by atoms with Gasteiger partial charge in [0.1, 0.15) is 0 Å². The molecule has 0 saturated heterocycles. The van der Waals surface area contributed by atoms with Crippen LogP contribution >= 0.6 is 0 Å². The maximum absolute atomic E-state index is 9.89. The van der Waals surface area contributed by atoms with Crippen molar-refractivity contribution in [3.63, 3.8) is 0 Å². The zero-order chi connectivity index (χ0) is 6.62. The normalized spacial score (nSPS) is 11.3. The quantitative estimate of drug-likeness (QED) is 0.346. The van der Waals surface area contributed by atoms with E-state index >= 15 is 0 Å². The SMILES string of the molecule is C/C=C/CS(=O)(=O)O.[NaH]. The van der Waals surface area contributed by atoms with Gasteiger partial charge in [-0.1, -0.05) is 12.2 Å². The van der Waals surface area contributed by atoms with Crippen LogP contribution in [-0.4, -0.2) is 48.3 Å². The molecule has 0 aromatic heterocycles. The second-order valence-corrected chi connectivity index (χ2v) is 2.81. The van der Waals surface area contributed by atoms with E-state index in [-0.39, 0.29) is 35.3 Å². The van der Waals surface area contributed by atoms with E-state index in [0.29, 0.717) is 0 Å². The molecule has 0 aliphatic carbocycles. The number of hydrogen-bond donors (Lipinski definition) is 1. The fraction of sp³-hybridized carbons (Fsp3) is 0.500. The molecule has 1 N–H and O–H groups in total. The summed E-state index contributed by atoms with van der Waals surface area (Å²) in [4.78, 5) is 0. The van der Waals surface area contributed by atoms with Gasteiger partial charge < -0.3 is 0 Å². The second-order valence-electron chi connectivity index (χ2n) is 1.32. The van der Waals surface area contributed by atoms with E-state index in [9.17, 15) is 8.42 Å². The van der Waals surface area contributed by atoms with Gasteiger partial charge in [0.2, 0.25) is 0 Å². The van der Waals surface area contributed by atoms with Crippen molar-refractivity contribution in [1.29, 1.82) is 0 Å². The van der Waals surface area contributed by atoms with Crippen LogP contribution in [0.1, 0.15) is 6.92 Å². The van der Waals surface area contributed by atoms with Crippen LogP contribution in [0, 0.1) is 0 Å². The summed E-state index contributed by atoms with van der Waals surface area (Å²) in [6.45, 7) is 1.69. The fourth-order valence-electron chi connectivity index (χ4n) is 0.218. The van der Waals surface area contributed by atoms with E-state index in [4.69, 9.17) is 4.55 Å². The molecule has 0 radical (unpaired) electrons. The van der Waals surface area contributed by atoms with Crippen LogP contribution in [-0.2, 0) is 10.1 Å². The van der Waals surface area contributed by atoms with E-state index in [2.05, 4.69) is 0 Å². The van der Waals surface area contributed by atoms with Gasteiger partial charge in [-0.2, -0.15) is 8.42 Å². The van der Waals surface area contributed by atoms with Crippen molar-refractivity contribution < 1.29 is 13.0 Å². The molecule has 0 aromatic carbocycles. The molecule has 3 nitrogen and oxygen atoms in total. The van der Waals surface area contributed by atoms with Crippen molar-refractivity contribution in [3.8, 4) is 0 Å². The summed E-state index contributed by atoms with van der Waals surface area (Å²) in [5.41, 5.74) is 0. The third-order valence-corrected chi connectivity index (χ3v) is 1.16. The Hall–Kier alpha value is 0.650. The fourth-order valence-corrected chi connectivity index (χ4v) is 0.653. The number of hydrogen-bond acceptors (Lipinski definition) is 2. The average Bonchev–Trinajstić information content (AvgIpc) is 1.59. The Kier molecular flexibility index (Phi) is 7.45. The summed E-state index contributed by atoms with van der Waals surface area (Å²) in [5.74, 6) is -0.288. The van der Waals surface area contributed by atoms with E-state index in [1.54, 1.807) is 13.0 Å². The minimum atomic E-state index is -3.77. The molecule has 0 aliphatic heterocycles. The molecule has 0 amide bonds. The summed E-state index contributed by atoms with van der Waals surface area (Å²) < 4.78 is 27.9. The minimum absolute atomic E-state index is 0.